The van der Waals surface area contributed by atoms with Crippen LogP contribution in [-0.2, 0) is 11.2 Å². The van der Waals surface area contributed by atoms with E-state index in [1.54, 1.807) is 18.5 Å². The Hall–Kier alpha value is -3.30. The summed E-state index contributed by atoms with van der Waals surface area (Å²) in [6, 6.07) is 7.67. The number of H-pyrrole nitrogens is 1. The number of aromatic amines is 1. The van der Waals surface area contributed by atoms with Crippen molar-refractivity contribution < 1.29 is 14.4 Å². The van der Waals surface area contributed by atoms with Crippen molar-refractivity contribution in [2.75, 3.05) is 13.1 Å². The highest BCUT2D eigenvalue weighted by atomic mass is 32.2. The van der Waals surface area contributed by atoms with Crippen LogP contribution in [0.1, 0.15) is 48.0 Å². The summed E-state index contributed by atoms with van der Waals surface area (Å²) >= 11 is 0.925. The Balaban J connectivity index is 1.52. The third-order valence-electron chi connectivity index (χ3n) is 5.25. The summed E-state index contributed by atoms with van der Waals surface area (Å²) < 4.78 is 0. The quantitative estimate of drug-likeness (QED) is 0.421. The van der Waals surface area contributed by atoms with Crippen LogP contribution < -0.4 is 5.73 Å². The van der Waals surface area contributed by atoms with E-state index in [2.05, 4.69) is 15.0 Å². The van der Waals surface area contributed by atoms with Crippen LogP contribution in [0.15, 0.2) is 41.6 Å². The Bertz CT molecular complexity index is 1270. The number of nitrogens with two attached hydrogens (primary N) is 1. The molecule has 8 nitrogen and oxygen atoms in total. The lowest BCUT2D eigenvalue weighted by atomic mass is 9.87. The van der Waals surface area contributed by atoms with Crippen LogP contribution in [0.4, 0.5) is 4.79 Å². The average Bonchev–Trinajstić information content (AvgIpc) is 3.30. The maximum Gasteiger partial charge on any atom is 0.293 e. The number of fused-ring (bicyclic) bond motifs is 1. The van der Waals surface area contributed by atoms with Crippen LogP contribution in [0.5, 0.6) is 0 Å². The molecule has 0 aliphatic carbocycles. The second kappa shape index (κ2) is 8.92. The average molecular weight is 464 g/mol. The van der Waals surface area contributed by atoms with Gasteiger partial charge in [-0.3, -0.25) is 19.3 Å². The summed E-state index contributed by atoms with van der Waals surface area (Å²) in [4.78, 5) is 50.8. The zero-order valence-electron chi connectivity index (χ0n) is 18.7. The summed E-state index contributed by atoms with van der Waals surface area (Å²) in [7, 11) is 0. The highest BCUT2D eigenvalue weighted by Crippen LogP contribution is 2.32. The van der Waals surface area contributed by atoms with Crippen molar-refractivity contribution in [3.63, 3.8) is 0 Å². The number of hydrogen-bond acceptors (Lipinski definition) is 7. The van der Waals surface area contributed by atoms with Crippen molar-refractivity contribution in [2.45, 2.75) is 27.2 Å². The number of Topliss-reactive ketones (excluding diaryl/α,β-unsaturated/α-hetero) is 1. The molecule has 2 aromatic heterocycles. The molecule has 1 saturated heterocycles. The minimum atomic E-state index is -0.512. The molecule has 3 aromatic rings. The van der Waals surface area contributed by atoms with Crippen molar-refractivity contribution >= 4 is 45.9 Å². The maximum absolute atomic E-state index is 12.7. The van der Waals surface area contributed by atoms with Gasteiger partial charge < -0.3 is 10.7 Å². The number of ketones is 1. The second-order valence-corrected chi connectivity index (χ2v) is 9.87. The maximum atomic E-state index is 12.7. The number of thioether (sulfide) groups is 1. The first-order valence-electron chi connectivity index (χ1n) is 10.6. The van der Waals surface area contributed by atoms with Crippen molar-refractivity contribution in [1.82, 2.24) is 19.9 Å². The van der Waals surface area contributed by atoms with Gasteiger partial charge in [-0.1, -0.05) is 45.0 Å². The molecule has 0 unspecified atom stereocenters. The van der Waals surface area contributed by atoms with E-state index in [1.807, 2.05) is 45.0 Å². The van der Waals surface area contributed by atoms with Gasteiger partial charge in [0.05, 0.1) is 22.4 Å². The van der Waals surface area contributed by atoms with Crippen LogP contribution in [0.25, 0.3) is 17.2 Å². The van der Waals surface area contributed by atoms with E-state index in [-0.39, 0.29) is 30.0 Å². The van der Waals surface area contributed by atoms with Gasteiger partial charge in [0.15, 0.2) is 11.4 Å². The lowest BCUT2D eigenvalue weighted by Gasteiger charge is -2.15. The van der Waals surface area contributed by atoms with Gasteiger partial charge in [-0.2, -0.15) is 0 Å². The summed E-state index contributed by atoms with van der Waals surface area (Å²) in [6.45, 7) is 6.10. The summed E-state index contributed by atoms with van der Waals surface area (Å²) in [6.07, 6.45) is 5.63. The van der Waals surface area contributed by atoms with Crippen LogP contribution >= 0.6 is 11.8 Å². The largest absolute Gasteiger partial charge is 0.344 e. The normalized spacial score (nSPS) is 15.8. The van der Waals surface area contributed by atoms with E-state index in [1.165, 1.54) is 4.90 Å². The number of carbonyl (C=O) groups excluding carboxylic acids is 3. The molecule has 3 heterocycles. The van der Waals surface area contributed by atoms with Crippen LogP contribution in [-0.4, -0.2) is 49.9 Å². The van der Waals surface area contributed by atoms with E-state index < -0.39 is 5.41 Å². The molecule has 0 saturated carbocycles. The molecule has 33 heavy (non-hydrogen) atoms. The molecule has 1 aromatic carbocycles. The first-order valence-corrected chi connectivity index (χ1v) is 11.4. The Morgan fingerprint density at radius 3 is 2.61 bits per heavy atom. The fourth-order valence-electron chi connectivity index (χ4n) is 3.50. The molecule has 1 aliphatic rings. The number of nitrogens with zero attached hydrogens (tertiary/aromatic N) is 3. The second-order valence-electron chi connectivity index (χ2n) is 8.88. The first kappa shape index (κ1) is 22.9. The Kier molecular flexibility index (Phi) is 6.18. The number of nitrogens with one attached hydrogen (secondary N) is 1. The van der Waals surface area contributed by atoms with Gasteiger partial charge in [0.1, 0.15) is 5.52 Å². The lowest BCUT2D eigenvalue weighted by molar-refractivity contribution is -0.122. The molecule has 3 N–H and O–H groups in total. The van der Waals surface area contributed by atoms with Gasteiger partial charge in [0, 0.05) is 31.1 Å². The minimum Gasteiger partial charge on any atom is -0.344 e. The summed E-state index contributed by atoms with van der Waals surface area (Å²) in [5.41, 5.74) is 9.26. The molecule has 4 rings (SSSR count). The monoisotopic (exact) mass is 463 g/mol. The third-order valence-corrected chi connectivity index (χ3v) is 6.15. The fourth-order valence-corrected chi connectivity index (χ4v) is 4.37. The zero-order valence-corrected chi connectivity index (χ0v) is 19.5. The van der Waals surface area contributed by atoms with Gasteiger partial charge in [-0.15, -0.1) is 0 Å². The number of imide groups is 1. The summed E-state index contributed by atoms with van der Waals surface area (Å²) in [5, 5.41) is -0.295. The molecular weight excluding hydrogens is 438 g/mol. The first-order chi connectivity index (χ1) is 15.7. The van der Waals surface area contributed by atoms with Gasteiger partial charge in [-0.25, -0.2) is 9.97 Å². The van der Waals surface area contributed by atoms with E-state index in [9.17, 15) is 14.4 Å². The number of amides is 2. The number of carbonyl (C=O) groups is 3. The van der Waals surface area contributed by atoms with E-state index in [0.29, 0.717) is 28.1 Å². The molecule has 170 valence electrons. The standard InChI is InChI=1S/C24H25N5O3S/c1-24(2,3)20(30)17-13-27-21-19(17)28-16(12-26-21)10-14-4-6-15(7-5-14)11-18-22(31)29(9-8-25)23(32)33-18/h4-7,11-13H,8-10,25H2,1-3H3,(H,26,27). The lowest BCUT2D eigenvalue weighted by Crippen LogP contribution is -2.33. The molecule has 2 amide bonds. The van der Waals surface area contributed by atoms with Gasteiger partial charge in [-0.05, 0) is 29.0 Å². The molecule has 0 bridgehead atoms. The Morgan fingerprint density at radius 1 is 1.21 bits per heavy atom. The number of benzene rings is 1. The number of hydrogen-bond donors (Lipinski definition) is 2. The smallest absolute Gasteiger partial charge is 0.293 e. The highest BCUT2D eigenvalue weighted by molar-refractivity contribution is 8.18. The number of rotatable bonds is 6. The molecule has 0 spiro atoms. The highest BCUT2D eigenvalue weighted by Gasteiger charge is 2.34. The minimum absolute atomic E-state index is 0.0143. The Morgan fingerprint density at radius 2 is 1.94 bits per heavy atom. The van der Waals surface area contributed by atoms with Crippen LogP contribution in [0.2, 0.25) is 0 Å². The molecule has 9 heteroatoms. The third kappa shape index (κ3) is 4.74. The molecule has 1 fully saturated rings. The van der Waals surface area contributed by atoms with Crippen molar-refractivity contribution in [2.24, 2.45) is 11.1 Å². The molecule has 0 radical (unpaired) electrons. The van der Waals surface area contributed by atoms with E-state index in [0.717, 1.165) is 28.6 Å². The van der Waals surface area contributed by atoms with Gasteiger partial charge in [0.25, 0.3) is 11.1 Å². The fraction of sp³-hybridized carbons (Fsp3) is 0.292. The summed E-state index contributed by atoms with van der Waals surface area (Å²) in [5.74, 6) is -0.296. The van der Waals surface area contributed by atoms with Crippen molar-refractivity contribution in [3.8, 4) is 0 Å². The zero-order chi connectivity index (χ0) is 23.8. The van der Waals surface area contributed by atoms with E-state index >= 15 is 0 Å². The SMILES string of the molecule is CC(C)(C)C(=O)c1c[nH]c2ncc(Cc3ccc(C=C4SC(=O)N(CCN)C4=O)cc3)nc12. The molecule has 1 aliphatic heterocycles. The van der Waals surface area contributed by atoms with Crippen molar-refractivity contribution in [3.05, 3.63) is 63.9 Å². The molecule has 0 atom stereocenters. The van der Waals surface area contributed by atoms with Gasteiger partial charge >= 0.3 is 0 Å². The topological polar surface area (TPSA) is 122 Å². The molecular formula is C24H25N5O3S. The van der Waals surface area contributed by atoms with E-state index in [4.69, 9.17) is 5.73 Å². The van der Waals surface area contributed by atoms with Crippen molar-refractivity contribution in [1.29, 1.82) is 0 Å². The predicted molar refractivity (Wildman–Crippen MR) is 129 cm³/mol. The predicted octanol–water partition coefficient (Wildman–Crippen LogP) is 3.77. The van der Waals surface area contributed by atoms with Crippen LogP contribution in [0, 0.1) is 5.41 Å². The number of aromatic nitrogens is 3. The Labute approximate surface area is 195 Å². The van der Waals surface area contributed by atoms with Crippen LogP contribution in [0.3, 0.4) is 0 Å². The van der Waals surface area contributed by atoms with Gasteiger partial charge in [0.2, 0.25) is 0 Å².